The van der Waals surface area contributed by atoms with Crippen LogP contribution in [0.2, 0.25) is 5.02 Å². The van der Waals surface area contributed by atoms with Crippen LogP contribution in [0.5, 0.6) is 11.5 Å². The molecular weight excluding hydrogens is 368 g/mol. The Balaban J connectivity index is 1.68. The molecule has 0 saturated carbocycles. The molecule has 1 N–H and O–H groups in total. The summed E-state index contributed by atoms with van der Waals surface area (Å²) in [6.45, 7) is 1.80. The normalized spacial score (nSPS) is 12.0. The number of nitrogens with zero attached hydrogens (tertiary/aromatic N) is 1. The summed E-state index contributed by atoms with van der Waals surface area (Å²) in [6.07, 6.45) is 0. The van der Waals surface area contributed by atoms with E-state index in [9.17, 15) is 0 Å². The van der Waals surface area contributed by atoms with Gasteiger partial charge in [0, 0.05) is 21.5 Å². The summed E-state index contributed by atoms with van der Waals surface area (Å²) in [5.74, 6) is 1.44. The van der Waals surface area contributed by atoms with Crippen molar-refractivity contribution < 1.29 is 14.4 Å². The zero-order valence-electron chi connectivity index (χ0n) is 15.1. The number of thiazole rings is 1. The molecule has 3 rings (SSSR count). The van der Waals surface area contributed by atoms with Crippen LogP contribution in [0.1, 0.15) is 11.3 Å². The van der Waals surface area contributed by atoms with Gasteiger partial charge in [-0.05, 0) is 30.3 Å². The van der Waals surface area contributed by atoms with Crippen molar-refractivity contribution >= 4 is 22.9 Å². The maximum atomic E-state index is 5.95. The van der Waals surface area contributed by atoms with Crippen LogP contribution in [0.15, 0.2) is 47.8 Å². The minimum absolute atomic E-state index is 0.715. The van der Waals surface area contributed by atoms with Gasteiger partial charge in [0.15, 0.2) is 11.5 Å². The number of nitrogens with one attached hydrogen (secondary N) is 1. The monoisotopic (exact) mass is 389 g/mol. The highest BCUT2D eigenvalue weighted by molar-refractivity contribution is 7.13. The summed E-state index contributed by atoms with van der Waals surface area (Å²) < 4.78 is 10.7. The van der Waals surface area contributed by atoms with Crippen molar-refractivity contribution in [1.29, 1.82) is 0 Å². The fourth-order valence-electron chi connectivity index (χ4n) is 2.81. The van der Waals surface area contributed by atoms with Crippen molar-refractivity contribution in [3.63, 3.8) is 0 Å². The van der Waals surface area contributed by atoms with Crippen molar-refractivity contribution in [1.82, 2.24) is 4.98 Å². The minimum atomic E-state index is 0.715. The molecule has 4 nitrogen and oxygen atoms in total. The van der Waals surface area contributed by atoms with Crippen molar-refractivity contribution in [3.05, 3.63) is 64.1 Å². The number of ether oxygens (including phenoxy) is 2. The number of aromatic nitrogens is 1. The molecule has 26 heavy (non-hydrogen) atoms. The smallest absolute Gasteiger partial charge is 0.161 e. The highest BCUT2D eigenvalue weighted by Gasteiger charge is 2.12. The van der Waals surface area contributed by atoms with E-state index >= 15 is 0 Å². The maximum absolute atomic E-state index is 5.95. The van der Waals surface area contributed by atoms with Crippen molar-refractivity contribution in [2.45, 2.75) is 13.1 Å². The molecule has 3 aromatic rings. The first-order chi connectivity index (χ1) is 12.6. The predicted octanol–water partition coefficient (Wildman–Crippen LogP) is 3.70. The van der Waals surface area contributed by atoms with Gasteiger partial charge in [-0.3, -0.25) is 0 Å². The quantitative estimate of drug-likeness (QED) is 0.669. The molecule has 136 valence electrons. The molecule has 6 heteroatoms. The molecule has 0 aliphatic rings. The molecule has 1 atom stereocenters. The van der Waals surface area contributed by atoms with E-state index in [1.807, 2.05) is 30.3 Å². The third kappa shape index (κ3) is 4.55. The third-order valence-electron chi connectivity index (χ3n) is 4.08. The molecule has 0 spiro atoms. The summed E-state index contributed by atoms with van der Waals surface area (Å²) in [4.78, 5) is 6.16. The first-order valence-corrected chi connectivity index (χ1v) is 9.57. The van der Waals surface area contributed by atoms with Gasteiger partial charge in [0.25, 0.3) is 0 Å². The summed E-state index contributed by atoms with van der Waals surface area (Å²) >= 11 is 7.59. The fourth-order valence-corrected chi connectivity index (χ4v) is 3.76. The van der Waals surface area contributed by atoms with Crippen LogP contribution in [0, 0.1) is 0 Å². The molecule has 2 aromatic carbocycles. The SMILES string of the molecule is COc1ccc(-c2nc(C[NH+](C)Cc3ccc(Cl)cc3)cs2)cc1OC. The number of rotatable bonds is 7. The van der Waals surface area contributed by atoms with Crippen LogP contribution >= 0.6 is 22.9 Å². The summed E-state index contributed by atoms with van der Waals surface area (Å²) in [7, 11) is 5.45. The Morgan fingerprint density at radius 2 is 1.73 bits per heavy atom. The maximum Gasteiger partial charge on any atom is 0.161 e. The summed E-state index contributed by atoms with van der Waals surface area (Å²) in [5, 5.41) is 3.88. The number of benzene rings is 2. The van der Waals surface area contributed by atoms with Crippen LogP contribution in [-0.4, -0.2) is 26.3 Å². The zero-order chi connectivity index (χ0) is 18.5. The van der Waals surface area contributed by atoms with E-state index in [1.165, 1.54) is 10.5 Å². The van der Waals surface area contributed by atoms with Crippen LogP contribution in [0.3, 0.4) is 0 Å². The second kappa shape index (κ2) is 8.54. The lowest BCUT2D eigenvalue weighted by Gasteiger charge is -2.12. The third-order valence-corrected chi connectivity index (χ3v) is 5.28. The second-order valence-corrected chi connectivity index (χ2v) is 7.45. The first-order valence-electron chi connectivity index (χ1n) is 8.31. The number of hydrogen-bond donors (Lipinski definition) is 1. The molecule has 0 bridgehead atoms. The van der Waals surface area contributed by atoms with E-state index < -0.39 is 0 Å². The largest absolute Gasteiger partial charge is 0.493 e. The minimum Gasteiger partial charge on any atom is -0.493 e. The van der Waals surface area contributed by atoms with Gasteiger partial charge < -0.3 is 14.4 Å². The van der Waals surface area contributed by atoms with E-state index in [1.54, 1.807) is 25.6 Å². The van der Waals surface area contributed by atoms with Gasteiger partial charge in [0.2, 0.25) is 0 Å². The van der Waals surface area contributed by atoms with Gasteiger partial charge in [-0.2, -0.15) is 0 Å². The topological polar surface area (TPSA) is 35.8 Å². The Morgan fingerprint density at radius 3 is 2.42 bits per heavy atom. The molecule has 1 heterocycles. The lowest BCUT2D eigenvalue weighted by Crippen LogP contribution is -3.06. The molecule has 1 unspecified atom stereocenters. The molecule has 0 aliphatic carbocycles. The average Bonchev–Trinajstić information content (AvgIpc) is 3.11. The zero-order valence-corrected chi connectivity index (χ0v) is 16.7. The number of halogens is 1. The fraction of sp³-hybridized carbons (Fsp3) is 0.250. The Hall–Kier alpha value is -2.08. The molecule has 0 amide bonds. The Kier molecular flexibility index (Phi) is 6.14. The number of methoxy groups -OCH3 is 2. The lowest BCUT2D eigenvalue weighted by atomic mass is 10.2. The van der Waals surface area contributed by atoms with Gasteiger partial charge in [-0.25, -0.2) is 4.98 Å². The molecule has 0 radical (unpaired) electrons. The van der Waals surface area contributed by atoms with Gasteiger partial charge in [-0.15, -0.1) is 11.3 Å². The van der Waals surface area contributed by atoms with Gasteiger partial charge >= 0.3 is 0 Å². The number of hydrogen-bond acceptors (Lipinski definition) is 4. The molecule has 0 saturated heterocycles. The Bertz CT molecular complexity index is 865. The first kappa shape index (κ1) is 18.7. The highest BCUT2D eigenvalue weighted by atomic mass is 35.5. The van der Waals surface area contributed by atoms with E-state index in [0.29, 0.717) is 5.75 Å². The van der Waals surface area contributed by atoms with E-state index in [4.69, 9.17) is 26.1 Å². The summed E-state index contributed by atoms with van der Waals surface area (Å²) in [6, 6.07) is 13.9. The van der Waals surface area contributed by atoms with Crippen molar-refractivity contribution in [3.8, 4) is 22.1 Å². The van der Waals surface area contributed by atoms with E-state index in [2.05, 4.69) is 24.6 Å². The van der Waals surface area contributed by atoms with Crippen LogP contribution in [-0.2, 0) is 13.1 Å². The Labute approximate surface area is 163 Å². The van der Waals surface area contributed by atoms with Crippen LogP contribution < -0.4 is 14.4 Å². The summed E-state index contributed by atoms with van der Waals surface area (Å²) in [5.41, 5.74) is 3.39. The predicted molar refractivity (Wildman–Crippen MR) is 106 cm³/mol. The van der Waals surface area contributed by atoms with Crippen LogP contribution in [0.25, 0.3) is 10.6 Å². The van der Waals surface area contributed by atoms with E-state index in [-0.39, 0.29) is 0 Å². The average molecular weight is 390 g/mol. The molecule has 1 aromatic heterocycles. The van der Waals surface area contributed by atoms with Crippen molar-refractivity contribution in [2.24, 2.45) is 0 Å². The highest BCUT2D eigenvalue weighted by Crippen LogP contribution is 2.33. The van der Waals surface area contributed by atoms with Crippen LogP contribution in [0.4, 0.5) is 0 Å². The standard InChI is InChI=1S/C20H21ClN2O2S/c1-23(11-14-4-7-16(21)8-5-14)12-17-13-26-20(22-17)15-6-9-18(24-2)19(10-15)25-3/h4-10,13H,11-12H2,1-3H3/p+1. The Morgan fingerprint density at radius 1 is 1.00 bits per heavy atom. The molecular formula is C20H22ClN2O2S+. The lowest BCUT2D eigenvalue weighted by molar-refractivity contribution is -0.908. The number of quaternary nitrogens is 1. The molecule has 0 fully saturated rings. The molecule has 0 aliphatic heterocycles. The second-order valence-electron chi connectivity index (χ2n) is 6.15. The van der Waals surface area contributed by atoms with Crippen molar-refractivity contribution in [2.75, 3.05) is 21.3 Å². The van der Waals surface area contributed by atoms with Gasteiger partial charge in [0.1, 0.15) is 23.8 Å². The van der Waals surface area contributed by atoms with Gasteiger partial charge in [-0.1, -0.05) is 23.7 Å². The van der Waals surface area contributed by atoms with Gasteiger partial charge in [0.05, 0.1) is 21.3 Å². The van der Waals surface area contributed by atoms with E-state index in [0.717, 1.165) is 40.1 Å².